The van der Waals surface area contributed by atoms with Crippen LogP contribution in [-0.2, 0) is 6.42 Å². The van der Waals surface area contributed by atoms with E-state index in [0.717, 1.165) is 24.2 Å². The highest BCUT2D eigenvalue weighted by Crippen LogP contribution is 2.37. The van der Waals surface area contributed by atoms with E-state index in [-0.39, 0.29) is 12.1 Å². The lowest BCUT2D eigenvalue weighted by molar-refractivity contribution is 0.0290. The number of fused-ring (bicyclic) bond motifs is 1. The molecule has 3 nitrogen and oxygen atoms in total. The molecule has 1 aromatic carbocycles. The van der Waals surface area contributed by atoms with Gasteiger partial charge in [0.25, 0.3) is 0 Å². The SMILES string of the molecule is COc1ccc2c(c1)CCC(N(C)C1CCCC1)C2O. The molecule has 0 radical (unpaired) electrons. The molecule has 0 spiro atoms. The number of aliphatic hydroxyl groups excluding tert-OH is 1. The molecule has 1 N–H and O–H groups in total. The standard InChI is InChI=1S/C17H25NO2/c1-18(13-5-3-4-6-13)16-10-7-12-11-14(20-2)8-9-15(12)17(16)19/h8-9,11,13,16-17,19H,3-7,10H2,1-2H3. The molecule has 1 aromatic rings. The summed E-state index contributed by atoms with van der Waals surface area (Å²) in [6.07, 6.45) is 6.96. The van der Waals surface area contributed by atoms with Gasteiger partial charge < -0.3 is 9.84 Å². The van der Waals surface area contributed by atoms with E-state index in [0.29, 0.717) is 6.04 Å². The molecule has 0 saturated heterocycles. The summed E-state index contributed by atoms with van der Waals surface area (Å²) in [4.78, 5) is 2.44. The van der Waals surface area contributed by atoms with E-state index in [4.69, 9.17) is 4.74 Å². The maximum atomic E-state index is 10.7. The van der Waals surface area contributed by atoms with Crippen LogP contribution < -0.4 is 4.74 Å². The highest BCUT2D eigenvalue weighted by molar-refractivity contribution is 5.39. The van der Waals surface area contributed by atoms with Crippen LogP contribution >= 0.6 is 0 Å². The zero-order chi connectivity index (χ0) is 14.1. The van der Waals surface area contributed by atoms with Crippen molar-refractivity contribution < 1.29 is 9.84 Å². The van der Waals surface area contributed by atoms with Crippen molar-refractivity contribution in [2.24, 2.45) is 0 Å². The Balaban J connectivity index is 1.79. The Morgan fingerprint density at radius 1 is 1.20 bits per heavy atom. The monoisotopic (exact) mass is 275 g/mol. The van der Waals surface area contributed by atoms with Gasteiger partial charge in [0.2, 0.25) is 0 Å². The second-order valence-electron chi connectivity index (χ2n) is 6.22. The number of benzene rings is 1. The second kappa shape index (κ2) is 5.74. The molecular formula is C17H25NO2. The van der Waals surface area contributed by atoms with Crippen molar-refractivity contribution in [3.8, 4) is 5.75 Å². The van der Waals surface area contributed by atoms with Gasteiger partial charge in [0.1, 0.15) is 5.75 Å². The van der Waals surface area contributed by atoms with Crippen molar-refractivity contribution >= 4 is 0 Å². The smallest absolute Gasteiger partial charge is 0.119 e. The van der Waals surface area contributed by atoms with E-state index in [1.54, 1.807) is 7.11 Å². The Labute approximate surface area is 121 Å². The van der Waals surface area contributed by atoms with Crippen molar-refractivity contribution in [1.29, 1.82) is 0 Å². The number of hydrogen-bond donors (Lipinski definition) is 1. The van der Waals surface area contributed by atoms with Crippen LogP contribution in [0, 0.1) is 0 Å². The van der Waals surface area contributed by atoms with Gasteiger partial charge in [-0.05, 0) is 56.0 Å². The zero-order valence-electron chi connectivity index (χ0n) is 12.5. The van der Waals surface area contributed by atoms with Crippen molar-refractivity contribution in [3.05, 3.63) is 29.3 Å². The van der Waals surface area contributed by atoms with Crippen LogP contribution in [-0.4, -0.2) is 36.2 Å². The summed E-state index contributed by atoms with van der Waals surface area (Å²) in [5, 5.41) is 10.7. The van der Waals surface area contributed by atoms with E-state index < -0.39 is 0 Å². The summed E-state index contributed by atoms with van der Waals surface area (Å²) in [5.41, 5.74) is 2.33. The first-order valence-corrected chi connectivity index (χ1v) is 7.77. The fourth-order valence-corrected chi connectivity index (χ4v) is 3.89. The third-order valence-corrected chi connectivity index (χ3v) is 5.17. The average Bonchev–Trinajstić information content (AvgIpc) is 3.01. The molecule has 20 heavy (non-hydrogen) atoms. The van der Waals surface area contributed by atoms with E-state index in [1.807, 2.05) is 12.1 Å². The topological polar surface area (TPSA) is 32.7 Å². The van der Waals surface area contributed by atoms with Crippen LogP contribution in [0.5, 0.6) is 5.75 Å². The minimum absolute atomic E-state index is 0.263. The van der Waals surface area contributed by atoms with E-state index in [9.17, 15) is 5.11 Å². The molecule has 0 bridgehead atoms. The molecule has 3 rings (SSSR count). The highest BCUT2D eigenvalue weighted by Gasteiger charge is 2.34. The summed E-state index contributed by atoms with van der Waals surface area (Å²) in [6, 6.07) is 6.99. The number of rotatable bonds is 3. The minimum atomic E-state index is -0.366. The number of methoxy groups -OCH3 is 1. The van der Waals surface area contributed by atoms with Gasteiger partial charge in [-0.15, -0.1) is 0 Å². The Morgan fingerprint density at radius 3 is 2.65 bits per heavy atom. The van der Waals surface area contributed by atoms with Gasteiger partial charge >= 0.3 is 0 Å². The second-order valence-corrected chi connectivity index (χ2v) is 6.22. The predicted molar refractivity (Wildman–Crippen MR) is 80.1 cm³/mol. The highest BCUT2D eigenvalue weighted by atomic mass is 16.5. The molecule has 0 amide bonds. The van der Waals surface area contributed by atoms with Crippen molar-refractivity contribution in [3.63, 3.8) is 0 Å². The first kappa shape index (κ1) is 13.9. The number of likely N-dealkylation sites (N-methyl/N-ethyl adjacent to an activating group) is 1. The van der Waals surface area contributed by atoms with Crippen molar-refractivity contribution in [2.45, 2.75) is 56.7 Å². The minimum Gasteiger partial charge on any atom is -0.497 e. The molecule has 0 aromatic heterocycles. The van der Waals surface area contributed by atoms with Gasteiger partial charge in [-0.25, -0.2) is 0 Å². The molecule has 1 saturated carbocycles. The predicted octanol–water partition coefficient (Wildman–Crippen LogP) is 2.92. The van der Waals surface area contributed by atoms with Crippen LogP contribution in [0.1, 0.15) is 49.3 Å². The van der Waals surface area contributed by atoms with Crippen molar-refractivity contribution in [2.75, 3.05) is 14.2 Å². The zero-order valence-corrected chi connectivity index (χ0v) is 12.5. The molecule has 2 unspecified atom stereocenters. The normalized spacial score (nSPS) is 26.8. The summed E-state index contributed by atoms with van der Waals surface area (Å²) < 4.78 is 5.28. The lowest BCUT2D eigenvalue weighted by Crippen LogP contribution is -2.44. The third kappa shape index (κ3) is 2.45. The molecule has 0 aliphatic heterocycles. The Hall–Kier alpha value is -1.06. The van der Waals surface area contributed by atoms with Crippen LogP contribution in [0.25, 0.3) is 0 Å². The molecule has 0 heterocycles. The fraction of sp³-hybridized carbons (Fsp3) is 0.647. The molecule has 2 aliphatic rings. The van der Waals surface area contributed by atoms with Gasteiger partial charge in [0, 0.05) is 12.1 Å². The van der Waals surface area contributed by atoms with Crippen LogP contribution in [0.4, 0.5) is 0 Å². The van der Waals surface area contributed by atoms with E-state index in [2.05, 4.69) is 18.0 Å². The number of aryl methyl sites for hydroxylation is 1. The maximum absolute atomic E-state index is 10.7. The number of aliphatic hydroxyl groups is 1. The maximum Gasteiger partial charge on any atom is 0.119 e. The van der Waals surface area contributed by atoms with E-state index in [1.165, 1.54) is 31.2 Å². The molecule has 2 aliphatic carbocycles. The summed E-state index contributed by atoms with van der Waals surface area (Å²) in [5.74, 6) is 0.888. The Bertz CT molecular complexity index is 468. The number of hydrogen-bond acceptors (Lipinski definition) is 3. The summed E-state index contributed by atoms with van der Waals surface area (Å²) in [6.45, 7) is 0. The van der Waals surface area contributed by atoms with Gasteiger partial charge in [0.05, 0.1) is 13.2 Å². The molecule has 1 fully saturated rings. The Morgan fingerprint density at radius 2 is 1.95 bits per heavy atom. The largest absolute Gasteiger partial charge is 0.497 e. The van der Waals surface area contributed by atoms with Crippen molar-refractivity contribution in [1.82, 2.24) is 4.90 Å². The quantitative estimate of drug-likeness (QED) is 0.920. The van der Waals surface area contributed by atoms with Gasteiger partial charge in [0.15, 0.2) is 0 Å². The fourth-order valence-electron chi connectivity index (χ4n) is 3.89. The lowest BCUT2D eigenvalue weighted by atomic mass is 9.84. The molecule has 2 atom stereocenters. The van der Waals surface area contributed by atoms with E-state index >= 15 is 0 Å². The number of ether oxygens (including phenoxy) is 1. The average molecular weight is 275 g/mol. The molecule has 110 valence electrons. The summed E-state index contributed by atoms with van der Waals surface area (Å²) >= 11 is 0. The van der Waals surface area contributed by atoms with Gasteiger partial charge in [-0.2, -0.15) is 0 Å². The molecule has 3 heteroatoms. The van der Waals surface area contributed by atoms with Crippen LogP contribution in [0.2, 0.25) is 0 Å². The molecular weight excluding hydrogens is 250 g/mol. The third-order valence-electron chi connectivity index (χ3n) is 5.17. The first-order chi connectivity index (χ1) is 9.70. The lowest BCUT2D eigenvalue weighted by Gasteiger charge is -2.39. The summed E-state index contributed by atoms with van der Waals surface area (Å²) in [7, 11) is 3.88. The van der Waals surface area contributed by atoms with Crippen LogP contribution in [0.3, 0.4) is 0 Å². The Kier molecular flexibility index (Phi) is 3.99. The van der Waals surface area contributed by atoms with Gasteiger partial charge in [-0.3, -0.25) is 4.90 Å². The van der Waals surface area contributed by atoms with Crippen LogP contribution in [0.15, 0.2) is 18.2 Å². The van der Waals surface area contributed by atoms with Gasteiger partial charge in [-0.1, -0.05) is 18.9 Å². The number of nitrogens with zero attached hydrogens (tertiary/aromatic N) is 1. The first-order valence-electron chi connectivity index (χ1n) is 7.77.